The second kappa shape index (κ2) is 8.66. The Morgan fingerprint density at radius 2 is 1.90 bits per heavy atom. The lowest BCUT2D eigenvalue weighted by Gasteiger charge is -2.37. The summed E-state index contributed by atoms with van der Waals surface area (Å²) in [7, 11) is -1.08. The van der Waals surface area contributed by atoms with Gasteiger partial charge in [-0.1, -0.05) is 0 Å². The largest absolute Gasteiger partial charge is 0.497 e. The summed E-state index contributed by atoms with van der Waals surface area (Å²) in [4.78, 5) is 15.1. The zero-order valence-corrected chi connectivity index (χ0v) is 18.4. The topological polar surface area (TPSA) is 94.2 Å². The molecule has 2 aliphatic rings. The smallest absolute Gasteiger partial charge is 0.265 e. The number of nitrogens with zero attached hydrogens (tertiary/aromatic N) is 1. The molecule has 1 saturated heterocycles. The van der Waals surface area contributed by atoms with Crippen molar-refractivity contribution in [3.63, 3.8) is 0 Å². The molecule has 2 aromatic rings. The molecule has 8 nitrogen and oxygen atoms in total. The molecule has 1 amide bonds. The van der Waals surface area contributed by atoms with E-state index in [4.69, 9.17) is 14.2 Å². The Labute approximate surface area is 182 Å². The average Bonchev–Trinajstić information content (AvgIpc) is 2.78. The zero-order valence-electron chi connectivity index (χ0n) is 17.6. The average molecular weight is 447 g/mol. The van der Waals surface area contributed by atoms with E-state index in [1.807, 2.05) is 4.90 Å². The number of ether oxygens (including phenoxy) is 3. The molecule has 1 atom stereocenters. The molecule has 1 N–H and O–H groups in total. The molecule has 31 heavy (non-hydrogen) atoms. The van der Waals surface area contributed by atoms with Crippen molar-refractivity contribution in [1.29, 1.82) is 0 Å². The second-order valence-corrected chi connectivity index (χ2v) is 9.27. The zero-order chi connectivity index (χ0) is 22.0. The van der Waals surface area contributed by atoms with E-state index in [1.54, 1.807) is 24.3 Å². The fraction of sp³-hybridized carbons (Fsp3) is 0.409. The Balaban J connectivity index is 1.65. The van der Waals surface area contributed by atoms with Crippen LogP contribution in [0.25, 0.3) is 0 Å². The molecule has 2 heterocycles. The molecule has 1 unspecified atom stereocenters. The van der Waals surface area contributed by atoms with Crippen LogP contribution in [0.1, 0.15) is 36.0 Å². The number of fused-ring (bicyclic) bond motifs is 2. The van der Waals surface area contributed by atoms with Crippen molar-refractivity contribution >= 4 is 21.6 Å². The van der Waals surface area contributed by atoms with Gasteiger partial charge in [-0.25, -0.2) is 8.42 Å². The minimum absolute atomic E-state index is 0.0267. The molecule has 4 rings (SSSR count). The van der Waals surface area contributed by atoms with Crippen LogP contribution < -0.4 is 18.9 Å². The van der Waals surface area contributed by atoms with Crippen LogP contribution >= 0.6 is 0 Å². The SMILES string of the molecule is COc1ccc(S(=O)(=O)Nc2ccc3c(c2)C(=O)N2CCCCC2CCO3)c(OC)c1. The molecule has 0 radical (unpaired) electrons. The van der Waals surface area contributed by atoms with Gasteiger partial charge in [0.05, 0.1) is 26.4 Å². The van der Waals surface area contributed by atoms with Gasteiger partial charge in [0.25, 0.3) is 15.9 Å². The summed E-state index contributed by atoms with van der Waals surface area (Å²) in [5.74, 6) is 0.992. The number of piperidine rings is 1. The summed E-state index contributed by atoms with van der Waals surface area (Å²) in [6.07, 6.45) is 3.84. The van der Waals surface area contributed by atoms with E-state index in [-0.39, 0.29) is 28.3 Å². The van der Waals surface area contributed by atoms with E-state index in [0.29, 0.717) is 30.2 Å². The number of sulfonamides is 1. The molecule has 0 saturated carbocycles. The van der Waals surface area contributed by atoms with Gasteiger partial charge in [0, 0.05) is 30.8 Å². The summed E-state index contributed by atoms with van der Waals surface area (Å²) in [5, 5.41) is 0. The lowest BCUT2D eigenvalue weighted by atomic mass is 9.97. The molecule has 0 aromatic heterocycles. The van der Waals surface area contributed by atoms with Crippen molar-refractivity contribution in [2.45, 2.75) is 36.6 Å². The Hall–Kier alpha value is -2.94. The van der Waals surface area contributed by atoms with Gasteiger partial charge in [0.15, 0.2) is 0 Å². The highest BCUT2D eigenvalue weighted by Gasteiger charge is 2.31. The van der Waals surface area contributed by atoms with Gasteiger partial charge in [-0.3, -0.25) is 9.52 Å². The predicted octanol–water partition coefficient (Wildman–Crippen LogP) is 3.28. The van der Waals surface area contributed by atoms with Crippen molar-refractivity contribution in [2.24, 2.45) is 0 Å². The maximum absolute atomic E-state index is 13.2. The molecule has 9 heteroatoms. The molecule has 2 aromatic carbocycles. The van der Waals surface area contributed by atoms with Crippen molar-refractivity contribution in [3.8, 4) is 17.2 Å². The van der Waals surface area contributed by atoms with Gasteiger partial charge < -0.3 is 19.1 Å². The molecular weight excluding hydrogens is 420 g/mol. The summed E-state index contributed by atoms with van der Waals surface area (Å²) < 4.78 is 44.8. The predicted molar refractivity (Wildman–Crippen MR) is 116 cm³/mol. The monoisotopic (exact) mass is 446 g/mol. The molecule has 0 spiro atoms. The molecule has 0 aliphatic carbocycles. The van der Waals surface area contributed by atoms with Gasteiger partial charge >= 0.3 is 0 Å². The Morgan fingerprint density at radius 3 is 2.68 bits per heavy atom. The number of hydrogen-bond donors (Lipinski definition) is 1. The Morgan fingerprint density at radius 1 is 1.06 bits per heavy atom. The van der Waals surface area contributed by atoms with Gasteiger partial charge in [-0.05, 0) is 49.6 Å². The van der Waals surface area contributed by atoms with Crippen LogP contribution in [-0.4, -0.2) is 52.6 Å². The van der Waals surface area contributed by atoms with E-state index >= 15 is 0 Å². The standard InChI is InChI=1S/C22H26N2O6S/c1-28-17-7-9-21(20(14-17)29-2)31(26,27)23-15-6-8-19-18(13-15)22(25)24-11-4-3-5-16(24)10-12-30-19/h6-9,13-14,16,23H,3-5,10-12H2,1-2H3. The van der Waals surface area contributed by atoms with Gasteiger partial charge in [0.2, 0.25) is 0 Å². The number of anilines is 1. The number of hydrogen-bond acceptors (Lipinski definition) is 6. The van der Waals surface area contributed by atoms with E-state index in [1.165, 1.54) is 26.4 Å². The third-order valence-corrected chi connectivity index (χ3v) is 7.14. The van der Waals surface area contributed by atoms with E-state index in [0.717, 1.165) is 25.7 Å². The first-order valence-electron chi connectivity index (χ1n) is 10.3. The first-order valence-corrected chi connectivity index (χ1v) is 11.7. The van der Waals surface area contributed by atoms with Crippen molar-refractivity contribution in [2.75, 3.05) is 32.1 Å². The van der Waals surface area contributed by atoms with Gasteiger partial charge in [-0.2, -0.15) is 0 Å². The fourth-order valence-corrected chi connectivity index (χ4v) is 5.32. The van der Waals surface area contributed by atoms with Crippen LogP contribution in [0.4, 0.5) is 5.69 Å². The molecule has 1 fully saturated rings. The normalized spacial score (nSPS) is 18.7. The highest BCUT2D eigenvalue weighted by Crippen LogP contribution is 2.33. The van der Waals surface area contributed by atoms with Crippen LogP contribution in [0.5, 0.6) is 17.2 Å². The first kappa shape index (κ1) is 21.3. The van der Waals surface area contributed by atoms with Crippen molar-refractivity contribution < 1.29 is 27.4 Å². The maximum Gasteiger partial charge on any atom is 0.265 e. The van der Waals surface area contributed by atoms with Crippen LogP contribution in [0.2, 0.25) is 0 Å². The quantitative estimate of drug-likeness (QED) is 0.758. The first-order chi connectivity index (χ1) is 14.9. The lowest BCUT2D eigenvalue weighted by Crippen LogP contribution is -2.45. The number of rotatable bonds is 5. The van der Waals surface area contributed by atoms with Crippen LogP contribution in [0.15, 0.2) is 41.3 Å². The van der Waals surface area contributed by atoms with E-state index in [2.05, 4.69) is 4.72 Å². The molecule has 2 aliphatic heterocycles. The van der Waals surface area contributed by atoms with Crippen LogP contribution in [0, 0.1) is 0 Å². The minimum Gasteiger partial charge on any atom is -0.497 e. The van der Waals surface area contributed by atoms with E-state index < -0.39 is 10.0 Å². The van der Waals surface area contributed by atoms with Gasteiger partial charge in [-0.15, -0.1) is 0 Å². The highest BCUT2D eigenvalue weighted by molar-refractivity contribution is 7.92. The summed E-state index contributed by atoms with van der Waals surface area (Å²) in [5.41, 5.74) is 0.649. The number of amides is 1. The van der Waals surface area contributed by atoms with Crippen LogP contribution in [-0.2, 0) is 10.0 Å². The molecule has 166 valence electrons. The minimum atomic E-state index is -3.96. The number of nitrogens with one attached hydrogen (secondary N) is 1. The Bertz CT molecular complexity index is 1090. The number of methoxy groups -OCH3 is 2. The van der Waals surface area contributed by atoms with Crippen molar-refractivity contribution in [3.05, 3.63) is 42.0 Å². The number of benzene rings is 2. The highest BCUT2D eigenvalue weighted by atomic mass is 32.2. The molecule has 0 bridgehead atoms. The van der Waals surface area contributed by atoms with Crippen molar-refractivity contribution in [1.82, 2.24) is 4.90 Å². The third-order valence-electron chi connectivity index (χ3n) is 5.72. The Kier molecular flexibility index (Phi) is 5.95. The number of carbonyl (C=O) groups is 1. The number of carbonyl (C=O) groups excluding carboxylic acids is 1. The second-order valence-electron chi connectivity index (χ2n) is 7.62. The van der Waals surface area contributed by atoms with Crippen LogP contribution in [0.3, 0.4) is 0 Å². The fourth-order valence-electron chi connectivity index (χ4n) is 4.12. The maximum atomic E-state index is 13.2. The lowest BCUT2D eigenvalue weighted by molar-refractivity contribution is 0.0548. The third kappa shape index (κ3) is 4.27. The molecular formula is C22H26N2O6S. The summed E-state index contributed by atoms with van der Waals surface area (Å²) in [6, 6.07) is 9.41. The van der Waals surface area contributed by atoms with Gasteiger partial charge in [0.1, 0.15) is 22.1 Å². The van der Waals surface area contributed by atoms with E-state index in [9.17, 15) is 13.2 Å². The summed E-state index contributed by atoms with van der Waals surface area (Å²) >= 11 is 0. The summed E-state index contributed by atoms with van der Waals surface area (Å²) in [6.45, 7) is 1.23.